The number of aliphatic hydroxyl groups is 1. The molecule has 2 fully saturated rings. The number of hydrogen-bond acceptors (Lipinski definition) is 5. The highest BCUT2D eigenvalue weighted by Gasteiger charge is 2.43. The van der Waals surface area contributed by atoms with Crippen LogP contribution in [0.4, 0.5) is 0 Å². The number of aliphatic hydroxyl groups excluding tert-OH is 1. The van der Waals surface area contributed by atoms with E-state index in [1.165, 1.54) is 0 Å². The Bertz CT molecular complexity index is 875. The molecule has 3 heterocycles. The first-order valence-electron chi connectivity index (χ1n) is 10.5. The molecule has 8 heteroatoms. The normalized spacial score (nSPS) is 29.4. The summed E-state index contributed by atoms with van der Waals surface area (Å²) in [6.45, 7) is 3.33. The van der Waals surface area contributed by atoms with Gasteiger partial charge in [-0.25, -0.2) is 0 Å². The van der Waals surface area contributed by atoms with Gasteiger partial charge < -0.3 is 19.6 Å². The van der Waals surface area contributed by atoms with Crippen LogP contribution in [-0.4, -0.2) is 70.4 Å². The van der Waals surface area contributed by atoms with E-state index in [-0.39, 0.29) is 49.0 Å². The maximum Gasteiger partial charge on any atom is 0.242 e. The number of ketones is 1. The van der Waals surface area contributed by atoms with E-state index in [2.05, 4.69) is 0 Å². The molecule has 0 radical (unpaired) electrons. The maximum absolute atomic E-state index is 12.7. The van der Waals surface area contributed by atoms with E-state index in [0.29, 0.717) is 55.2 Å². The number of piperidine rings is 1. The van der Waals surface area contributed by atoms with E-state index in [1.54, 1.807) is 28.0 Å². The lowest BCUT2D eigenvalue weighted by molar-refractivity contribution is -0.142. The largest absolute Gasteiger partial charge is 0.486 e. The lowest BCUT2D eigenvalue weighted by Crippen LogP contribution is -2.49. The van der Waals surface area contributed by atoms with Crippen LogP contribution in [0.25, 0.3) is 0 Å². The first kappa shape index (κ1) is 21.1. The Morgan fingerprint density at radius 2 is 2.10 bits per heavy atom. The van der Waals surface area contributed by atoms with Crippen LogP contribution in [0.3, 0.4) is 0 Å². The van der Waals surface area contributed by atoms with Crippen LogP contribution < -0.4 is 4.74 Å². The molecule has 0 aromatic heterocycles. The van der Waals surface area contributed by atoms with Crippen LogP contribution >= 0.6 is 11.6 Å². The number of nitrogens with zero attached hydrogens (tertiary/aromatic N) is 2. The molecule has 1 aromatic rings. The zero-order valence-electron chi connectivity index (χ0n) is 17.1. The standard InChI is InChI=1S/C22H27ClN2O5/c1-14-12-24(8-5-17(14)26)21(29)13-25-9-7-22(6-4-20(25)28)11-18(27)16-10-15(23)2-3-19(16)30-22/h2-3,10,14,17,26H,4-9,11-13H2,1H3/t14-,17+,22-/m1/s1. The summed E-state index contributed by atoms with van der Waals surface area (Å²) < 4.78 is 6.23. The van der Waals surface area contributed by atoms with E-state index < -0.39 is 5.60 Å². The molecular weight excluding hydrogens is 408 g/mol. The molecule has 1 aromatic carbocycles. The molecule has 3 aliphatic heterocycles. The molecule has 1 N–H and O–H groups in total. The topological polar surface area (TPSA) is 87.2 Å². The number of Topliss-reactive ketones (excluding diaryl/α,β-unsaturated/α-hetero) is 1. The van der Waals surface area contributed by atoms with Crippen molar-refractivity contribution < 1.29 is 24.2 Å². The Balaban J connectivity index is 1.43. The van der Waals surface area contributed by atoms with Crippen molar-refractivity contribution in [1.29, 1.82) is 0 Å². The van der Waals surface area contributed by atoms with Gasteiger partial charge in [-0.3, -0.25) is 14.4 Å². The van der Waals surface area contributed by atoms with Crippen molar-refractivity contribution >= 4 is 29.2 Å². The number of hydrogen-bond donors (Lipinski definition) is 1. The smallest absolute Gasteiger partial charge is 0.242 e. The third-order valence-electron chi connectivity index (χ3n) is 6.57. The lowest BCUT2D eigenvalue weighted by atomic mass is 9.84. The van der Waals surface area contributed by atoms with Crippen LogP contribution in [-0.2, 0) is 9.59 Å². The van der Waals surface area contributed by atoms with Crippen molar-refractivity contribution in [1.82, 2.24) is 9.80 Å². The number of amides is 2. The van der Waals surface area contributed by atoms with Gasteiger partial charge in [-0.15, -0.1) is 0 Å². The minimum absolute atomic E-state index is 0.0257. The summed E-state index contributed by atoms with van der Waals surface area (Å²) in [4.78, 5) is 41.5. The molecule has 2 amide bonds. The number of carbonyl (C=O) groups is 3. The van der Waals surface area contributed by atoms with Gasteiger partial charge in [-0.2, -0.15) is 0 Å². The van der Waals surface area contributed by atoms with Crippen molar-refractivity contribution in [2.24, 2.45) is 5.92 Å². The van der Waals surface area contributed by atoms with Crippen molar-refractivity contribution in [3.8, 4) is 5.75 Å². The molecule has 3 atom stereocenters. The quantitative estimate of drug-likeness (QED) is 0.771. The van der Waals surface area contributed by atoms with Gasteiger partial charge in [0.05, 0.1) is 24.6 Å². The predicted molar refractivity (Wildman–Crippen MR) is 111 cm³/mol. The number of likely N-dealkylation sites (tertiary alicyclic amines) is 2. The second-order valence-electron chi connectivity index (χ2n) is 8.76. The number of halogens is 1. The Kier molecular flexibility index (Phi) is 5.77. The van der Waals surface area contributed by atoms with Crippen molar-refractivity contribution in [3.63, 3.8) is 0 Å². The zero-order valence-corrected chi connectivity index (χ0v) is 17.9. The fraction of sp³-hybridized carbons (Fsp3) is 0.591. The van der Waals surface area contributed by atoms with Crippen molar-refractivity contribution in [2.75, 3.05) is 26.2 Å². The summed E-state index contributed by atoms with van der Waals surface area (Å²) in [6.07, 6.45) is 1.55. The number of carbonyl (C=O) groups excluding carboxylic acids is 3. The van der Waals surface area contributed by atoms with Crippen LogP contribution in [0.15, 0.2) is 18.2 Å². The Morgan fingerprint density at radius 3 is 2.87 bits per heavy atom. The molecule has 7 nitrogen and oxygen atoms in total. The minimum Gasteiger partial charge on any atom is -0.486 e. The molecule has 2 saturated heterocycles. The Labute approximate surface area is 180 Å². The molecule has 3 aliphatic rings. The number of benzene rings is 1. The second-order valence-corrected chi connectivity index (χ2v) is 9.20. The SMILES string of the molecule is C[C@@H]1CN(C(=O)CN2CC[C@]3(CCC2=O)CC(=O)c2cc(Cl)ccc2O3)CC[C@@H]1O. The van der Waals surface area contributed by atoms with Gasteiger partial charge in [0.15, 0.2) is 5.78 Å². The van der Waals surface area contributed by atoms with E-state index >= 15 is 0 Å². The van der Waals surface area contributed by atoms with Gasteiger partial charge in [0.2, 0.25) is 11.8 Å². The summed E-state index contributed by atoms with van der Waals surface area (Å²) in [7, 11) is 0. The molecule has 0 aliphatic carbocycles. The summed E-state index contributed by atoms with van der Waals surface area (Å²) in [5, 5.41) is 10.4. The number of fused-ring (bicyclic) bond motifs is 1. The fourth-order valence-corrected chi connectivity index (χ4v) is 4.79. The summed E-state index contributed by atoms with van der Waals surface area (Å²) in [5.74, 6) is 0.313. The monoisotopic (exact) mass is 434 g/mol. The average Bonchev–Trinajstić information content (AvgIpc) is 2.85. The van der Waals surface area contributed by atoms with E-state index in [9.17, 15) is 19.5 Å². The zero-order chi connectivity index (χ0) is 21.5. The average molecular weight is 435 g/mol. The van der Waals surface area contributed by atoms with E-state index in [0.717, 1.165) is 0 Å². The third-order valence-corrected chi connectivity index (χ3v) is 6.81. The molecule has 0 bridgehead atoms. The van der Waals surface area contributed by atoms with E-state index in [4.69, 9.17) is 16.3 Å². The first-order valence-corrected chi connectivity index (χ1v) is 10.9. The van der Waals surface area contributed by atoms with Crippen molar-refractivity contribution in [3.05, 3.63) is 28.8 Å². The summed E-state index contributed by atoms with van der Waals surface area (Å²) in [5.41, 5.74) is -0.244. The molecule has 1 spiro atoms. The molecule has 162 valence electrons. The van der Waals surface area contributed by atoms with Crippen molar-refractivity contribution in [2.45, 2.75) is 50.7 Å². The van der Waals surface area contributed by atoms with Gasteiger partial charge in [0.1, 0.15) is 11.4 Å². The third kappa shape index (κ3) is 4.18. The van der Waals surface area contributed by atoms with Gasteiger partial charge in [-0.1, -0.05) is 18.5 Å². The predicted octanol–water partition coefficient (Wildman–Crippen LogP) is 2.29. The van der Waals surface area contributed by atoms with Gasteiger partial charge in [-0.05, 0) is 37.0 Å². The van der Waals surface area contributed by atoms with Crippen LogP contribution in [0.1, 0.15) is 49.4 Å². The number of ether oxygens (including phenoxy) is 1. The second kappa shape index (κ2) is 8.19. The highest BCUT2D eigenvalue weighted by atomic mass is 35.5. The molecular formula is C22H27ClN2O5. The Hall–Kier alpha value is -2.12. The Morgan fingerprint density at radius 1 is 1.30 bits per heavy atom. The molecule has 0 saturated carbocycles. The van der Waals surface area contributed by atoms with E-state index in [1.807, 2.05) is 6.92 Å². The highest BCUT2D eigenvalue weighted by Crippen LogP contribution is 2.40. The van der Waals surface area contributed by atoms with Gasteiger partial charge in [0, 0.05) is 37.5 Å². The van der Waals surface area contributed by atoms with Crippen LogP contribution in [0.2, 0.25) is 5.02 Å². The molecule has 0 unspecified atom stereocenters. The van der Waals surface area contributed by atoms with Gasteiger partial charge >= 0.3 is 0 Å². The minimum atomic E-state index is -0.727. The first-order chi connectivity index (χ1) is 14.3. The molecule has 4 rings (SSSR count). The molecule has 30 heavy (non-hydrogen) atoms. The number of rotatable bonds is 2. The maximum atomic E-state index is 12.7. The van der Waals surface area contributed by atoms with Crippen LogP contribution in [0.5, 0.6) is 5.75 Å². The summed E-state index contributed by atoms with van der Waals surface area (Å²) in [6, 6.07) is 5.02. The summed E-state index contributed by atoms with van der Waals surface area (Å²) >= 11 is 6.00. The lowest BCUT2D eigenvalue weighted by Gasteiger charge is -2.37. The van der Waals surface area contributed by atoms with Crippen LogP contribution in [0, 0.1) is 5.92 Å². The van der Waals surface area contributed by atoms with Gasteiger partial charge in [0.25, 0.3) is 0 Å². The fourth-order valence-electron chi connectivity index (χ4n) is 4.62. The highest BCUT2D eigenvalue weighted by molar-refractivity contribution is 6.31.